The minimum absolute atomic E-state index is 0.695. The lowest BCUT2D eigenvalue weighted by Gasteiger charge is -2.28. The zero-order valence-electron chi connectivity index (χ0n) is 10.1. The molecule has 5 N–H and O–H groups in total. The van der Waals surface area contributed by atoms with E-state index < -0.39 is 0 Å². The molecule has 0 spiro atoms. The molecule has 0 radical (unpaired) electrons. The third-order valence-electron chi connectivity index (χ3n) is 3.47. The number of nitrogen functional groups attached to an aromatic ring is 2. The molecule has 0 fully saturated rings. The molecule has 0 saturated carbocycles. The van der Waals surface area contributed by atoms with Crippen LogP contribution in [0.25, 0.3) is 0 Å². The Hall–Kier alpha value is -1.38. The lowest BCUT2D eigenvalue weighted by atomic mass is 9.88. The van der Waals surface area contributed by atoms with E-state index in [0.29, 0.717) is 5.92 Å². The van der Waals surface area contributed by atoms with Gasteiger partial charge < -0.3 is 16.8 Å². The van der Waals surface area contributed by atoms with Gasteiger partial charge in [-0.1, -0.05) is 13.3 Å². The van der Waals surface area contributed by atoms with Crippen molar-refractivity contribution in [2.24, 2.45) is 5.92 Å². The lowest BCUT2D eigenvalue weighted by Crippen LogP contribution is -2.25. The molecule has 1 atom stereocenters. The molecule has 1 unspecified atom stereocenters. The third-order valence-corrected chi connectivity index (χ3v) is 3.47. The summed E-state index contributed by atoms with van der Waals surface area (Å²) in [4.78, 5) is 0. The fourth-order valence-electron chi connectivity index (χ4n) is 2.57. The van der Waals surface area contributed by atoms with Crippen molar-refractivity contribution >= 4 is 17.1 Å². The van der Waals surface area contributed by atoms with Gasteiger partial charge in [0, 0.05) is 17.8 Å². The highest BCUT2D eigenvalue weighted by atomic mass is 14.9. The van der Waals surface area contributed by atoms with Gasteiger partial charge in [0.2, 0.25) is 0 Å². The Kier molecular flexibility index (Phi) is 2.95. The van der Waals surface area contributed by atoms with Crippen molar-refractivity contribution in [3.05, 3.63) is 17.2 Å². The fraction of sp³-hybridized carbons (Fsp3) is 0.538. The van der Waals surface area contributed by atoms with Gasteiger partial charge in [-0.2, -0.15) is 0 Å². The first kappa shape index (κ1) is 11.1. The van der Waals surface area contributed by atoms with Crippen LogP contribution in [-0.2, 0) is 6.42 Å². The first-order chi connectivity index (χ1) is 7.63. The molecule has 1 aliphatic heterocycles. The average Bonchev–Trinajstić information content (AvgIpc) is 2.26. The van der Waals surface area contributed by atoms with Crippen molar-refractivity contribution < 1.29 is 0 Å². The summed E-state index contributed by atoms with van der Waals surface area (Å²) in [6, 6.07) is 1.96. The number of rotatable bonds is 2. The predicted molar refractivity (Wildman–Crippen MR) is 70.6 cm³/mol. The highest BCUT2D eigenvalue weighted by Crippen LogP contribution is 2.37. The minimum Gasteiger partial charge on any atom is -0.398 e. The van der Waals surface area contributed by atoms with Crippen LogP contribution in [0.2, 0.25) is 0 Å². The number of nitrogens with two attached hydrogens (primary N) is 2. The molecular weight excluding hydrogens is 198 g/mol. The monoisotopic (exact) mass is 219 g/mol. The van der Waals surface area contributed by atoms with Crippen LogP contribution >= 0.6 is 0 Å². The van der Waals surface area contributed by atoms with Crippen LogP contribution < -0.4 is 16.8 Å². The largest absolute Gasteiger partial charge is 0.398 e. The molecule has 1 heterocycles. The van der Waals surface area contributed by atoms with Crippen molar-refractivity contribution in [3.8, 4) is 0 Å². The van der Waals surface area contributed by atoms with E-state index in [0.717, 1.165) is 35.6 Å². The van der Waals surface area contributed by atoms with Crippen LogP contribution in [0.15, 0.2) is 6.07 Å². The van der Waals surface area contributed by atoms with E-state index in [4.69, 9.17) is 11.5 Å². The Labute approximate surface area is 97.2 Å². The quantitative estimate of drug-likeness (QED) is 0.670. The van der Waals surface area contributed by atoms with Crippen LogP contribution in [0, 0.1) is 12.8 Å². The van der Waals surface area contributed by atoms with E-state index in [1.807, 2.05) is 13.0 Å². The summed E-state index contributed by atoms with van der Waals surface area (Å²) in [6.07, 6.45) is 3.54. The van der Waals surface area contributed by atoms with Crippen molar-refractivity contribution in [3.63, 3.8) is 0 Å². The standard InChI is InChI=1S/C13H21N3/c1-3-4-9-6-10-12(15)8(2)5-11(14)13(10)16-7-9/h5,9,16H,3-4,6-7,14-15H2,1-2H3. The Bertz CT molecular complexity index is 399. The van der Waals surface area contributed by atoms with Crippen molar-refractivity contribution in [2.75, 3.05) is 23.3 Å². The number of hydrogen-bond acceptors (Lipinski definition) is 3. The molecule has 2 rings (SSSR count). The minimum atomic E-state index is 0.695. The second-order valence-electron chi connectivity index (χ2n) is 4.79. The van der Waals surface area contributed by atoms with Crippen molar-refractivity contribution in [1.82, 2.24) is 0 Å². The topological polar surface area (TPSA) is 64.1 Å². The van der Waals surface area contributed by atoms with Gasteiger partial charge >= 0.3 is 0 Å². The summed E-state index contributed by atoms with van der Waals surface area (Å²) < 4.78 is 0. The molecule has 0 saturated heterocycles. The van der Waals surface area contributed by atoms with Gasteiger partial charge in [0.15, 0.2) is 0 Å². The maximum Gasteiger partial charge on any atom is 0.0627 e. The third kappa shape index (κ3) is 1.82. The van der Waals surface area contributed by atoms with E-state index in [-0.39, 0.29) is 0 Å². The lowest BCUT2D eigenvalue weighted by molar-refractivity contribution is 0.490. The maximum absolute atomic E-state index is 6.14. The number of aryl methyl sites for hydroxylation is 1. The first-order valence-electron chi connectivity index (χ1n) is 6.04. The van der Waals surface area contributed by atoms with Crippen molar-refractivity contribution in [1.29, 1.82) is 0 Å². The number of anilines is 3. The molecule has 0 amide bonds. The second-order valence-corrected chi connectivity index (χ2v) is 4.79. The summed E-state index contributed by atoms with van der Waals surface area (Å²) in [7, 11) is 0. The SMILES string of the molecule is CCCC1CNc2c(N)cc(C)c(N)c2C1. The normalized spacial score (nSPS) is 19.0. The second kappa shape index (κ2) is 4.24. The van der Waals surface area contributed by atoms with E-state index in [9.17, 15) is 0 Å². The molecule has 3 heteroatoms. The Balaban J connectivity index is 2.36. The van der Waals surface area contributed by atoms with Gasteiger partial charge in [-0.3, -0.25) is 0 Å². The van der Waals surface area contributed by atoms with Crippen LogP contribution in [-0.4, -0.2) is 6.54 Å². The van der Waals surface area contributed by atoms with Crippen LogP contribution in [0.5, 0.6) is 0 Å². The van der Waals surface area contributed by atoms with E-state index in [1.54, 1.807) is 0 Å². The molecule has 3 nitrogen and oxygen atoms in total. The number of fused-ring (bicyclic) bond motifs is 1. The zero-order chi connectivity index (χ0) is 11.7. The molecule has 1 aromatic rings. The van der Waals surface area contributed by atoms with Gasteiger partial charge in [-0.15, -0.1) is 0 Å². The van der Waals surface area contributed by atoms with Gasteiger partial charge in [0.05, 0.1) is 11.4 Å². The van der Waals surface area contributed by atoms with Crippen LogP contribution in [0.4, 0.5) is 17.1 Å². The first-order valence-corrected chi connectivity index (χ1v) is 6.04. The zero-order valence-corrected chi connectivity index (χ0v) is 10.1. The van der Waals surface area contributed by atoms with Crippen LogP contribution in [0.3, 0.4) is 0 Å². The van der Waals surface area contributed by atoms with E-state index in [1.165, 1.54) is 18.4 Å². The van der Waals surface area contributed by atoms with Crippen molar-refractivity contribution in [2.45, 2.75) is 33.1 Å². The molecular formula is C13H21N3. The molecule has 0 bridgehead atoms. The highest BCUT2D eigenvalue weighted by Gasteiger charge is 2.22. The summed E-state index contributed by atoms with van der Waals surface area (Å²) >= 11 is 0. The summed E-state index contributed by atoms with van der Waals surface area (Å²) in [5.41, 5.74) is 17.3. The summed E-state index contributed by atoms with van der Waals surface area (Å²) in [6.45, 7) is 5.27. The smallest absolute Gasteiger partial charge is 0.0627 e. The predicted octanol–water partition coefficient (Wildman–Crippen LogP) is 2.54. The Morgan fingerprint density at radius 2 is 2.19 bits per heavy atom. The van der Waals surface area contributed by atoms with Gasteiger partial charge in [0.25, 0.3) is 0 Å². The number of nitrogens with one attached hydrogen (secondary N) is 1. The van der Waals surface area contributed by atoms with Crippen LogP contribution in [0.1, 0.15) is 30.9 Å². The summed E-state index contributed by atoms with van der Waals surface area (Å²) in [5.74, 6) is 0.695. The molecule has 16 heavy (non-hydrogen) atoms. The molecule has 88 valence electrons. The molecule has 1 aromatic carbocycles. The van der Waals surface area contributed by atoms with E-state index >= 15 is 0 Å². The Morgan fingerprint density at radius 1 is 1.44 bits per heavy atom. The number of benzene rings is 1. The van der Waals surface area contributed by atoms with Gasteiger partial charge in [0.1, 0.15) is 0 Å². The van der Waals surface area contributed by atoms with Gasteiger partial charge in [-0.25, -0.2) is 0 Å². The highest BCUT2D eigenvalue weighted by molar-refractivity contribution is 5.79. The van der Waals surface area contributed by atoms with Gasteiger partial charge in [-0.05, 0) is 37.3 Å². The average molecular weight is 219 g/mol. The number of hydrogen-bond donors (Lipinski definition) is 3. The maximum atomic E-state index is 6.14. The molecule has 1 aliphatic rings. The Morgan fingerprint density at radius 3 is 2.88 bits per heavy atom. The summed E-state index contributed by atoms with van der Waals surface area (Å²) in [5, 5.41) is 3.43. The molecule has 0 aliphatic carbocycles. The van der Waals surface area contributed by atoms with E-state index in [2.05, 4.69) is 12.2 Å². The fourth-order valence-corrected chi connectivity index (χ4v) is 2.57. The molecule has 0 aromatic heterocycles.